The fraction of sp³-hybridized carbons (Fsp3) is 0.227. The maximum atomic E-state index is 13.8. The summed E-state index contributed by atoms with van der Waals surface area (Å²) in [6, 6.07) is 13.3. The number of hydrogen-bond donors (Lipinski definition) is 0. The molecule has 0 saturated carbocycles. The van der Waals surface area contributed by atoms with Crippen LogP contribution in [-0.2, 0) is 0 Å². The van der Waals surface area contributed by atoms with Crippen molar-refractivity contribution in [2.24, 2.45) is 0 Å². The van der Waals surface area contributed by atoms with Crippen molar-refractivity contribution >= 4 is 34.3 Å². The fourth-order valence-corrected chi connectivity index (χ4v) is 3.59. The number of aryl methyl sites for hydroxylation is 1. The van der Waals surface area contributed by atoms with Crippen molar-refractivity contribution in [3.05, 3.63) is 76.2 Å². The first kappa shape index (κ1) is 19.3. The number of amides is 2. The molecule has 0 unspecified atom stereocenters. The van der Waals surface area contributed by atoms with Gasteiger partial charge in [0.2, 0.25) is 0 Å². The Bertz CT molecular complexity index is 1110. The Morgan fingerprint density at radius 1 is 0.897 bits per heavy atom. The SMILES string of the molecule is Cc1ccc(C(=O)N2CCN(C(=O)c3ccc4nc(Cl)ccc4c3)CC2)cc1F. The van der Waals surface area contributed by atoms with Gasteiger partial charge in [-0.2, -0.15) is 0 Å². The average molecular weight is 412 g/mol. The number of benzene rings is 2. The first-order valence-electron chi connectivity index (χ1n) is 9.33. The lowest BCUT2D eigenvalue weighted by atomic mass is 10.1. The summed E-state index contributed by atoms with van der Waals surface area (Å²) >= 11 is 5.90. The third-order valence-electron chi connectivity index (χ3n) is 5.18. The summed E-state index contributed by atoms with van der Waals surface area (Å²) in [5.74, 6) is -0.697. The normalized spacial score (nSPS) is 14.3. The number of nitrogens with zero attached hydrogens (tertiary/aromatic N) is 3. The van der Waals surface area contributed by atoms with E-state index in [1.54, 1.807) is 53.1 Å². The molecule has 1 aliphatic rings. The van der Waals surface area contributed by atoms with Gasteiger partial charge in [-0.3, -0.25) is 9.59 Å². The van der Waals surface area contributed by atoms with Crippen molar-refractivity contribution in [3.8, 4) is 0 Å². The number of fused-ring (bicyclic) bond motifs is 1. The number of carbonyl (C=O) groups excluding carboxylic acids is 2. The molecule has 0 spiro atoms. The maximum Gasteiger partial charge on any atom is 0.254 e. The second-order valence-electron chi connectivity index (χ2n) is 7.09. The zero-order valence-corrected chi connectivity index (χ0v) is 16.6. The van der Waals surface area contributed by atoms with Crippen molar-refractivity contribution in [3.63, 3.8) is 0 Å². The molecule has 2 aromatic carbocycles. The summed E-state index contributed by atoms with van der Waals surface area (Å²) in [6.07, 6.45) is 0. The molecule has 0 bridgehead atoms. The van der Waals surface area contributed by atoms with Crippen LogP contribution in [0.1, 0.15) is 26.3 Å². The summed E-state index contributed by atoms with van der Waals surface area (Å²) in [4.78, 5) is 33.1. The van der Waals surface area contributed by atoms with Crippen LogP contribution in [0.15, 0.2) is 48.5 Å². The summed E-state index contributed by atoms with van der Waals surface area (Å²) in [7, 11) is 0. The number of piperazine rings is 1. The second kappa shape index (κ2) is 7.79. The molecule has 4 rings (SSSR count). The molecule has 0 radical (unpaired) electrons. The Labute approximate surface area is 172 Å². The molecular formula is C22H19ClFN3O2. The van der Waals surface area contributed by atoms with Crippen LogP contribution in [0.3, 0.4) is 0 Å². The first-order chi connectivity index (χ1) is 13.9. The number of rotatable bonds is 2. The zero-order chi connectivity index (χ0) is 20.5. The molecule has 1 aliphatic heterocycles. The third-order valence-corrected chi connectivity index (χ3v) is 5.39. The topological polar surface area (TPSA) is 53.5 Å². The molecule has 2 amide bonds. The van der Waals surface area contributed by atoms with Crippen LogP contribution >= 0.6 is 11.6 Å². The van der Waals surface area contributed by atoms with Crippen molar-refractivity contribution in [2.75, 3.05) is 26.2 Å². The number of pyridine rings is 1. The van der Waals surface area contributed by atoms with Gasteiger partial charge in [0.25, 0.3) is 11.8 Å². The molecule has 0 N–H and O–H groups in total. The summed E-state index contributed by atoms with van der Waals surface area (Å²) < 4.78 is 13.8. The van der Waals surface area contributed by atoms with Gasteiger partial charge in [-0.05, 0) is 55.0 Å². The average Bonchev–Trinajstić information content (AvgIpc) is 2.74. The Morgan fingerprint density at radius 2 is 1.48 bits per heavy atom. The van der Waals surface area contributed by atoms with Gasteiger partial charge in [-0.1, -0.05) is 17.7 Å². The van der Waals surface area contributed by atoms with E-state index in [1.807, 2.05) is 6.07 Å². The van der Waals surface area contributed by atoms with E-state index in [2.05, 4.69) is 4.98 Å². The Kier molecular flexibility index (Phi) is 5.20. The van der Waals surface area contributed by atoms with Gasteiger partial charge in [0.05, 0.1) is 5.52 Å². The van der Waals surface area contributed by atoms with Crippen LogP contribution in [0.2, 0.25) is 5.15 Å². The fourth-order valence-electron chi connectivity index (χ4n) is 3.44. The molecule has 5 nitrogen and oxygen atoms in total. The zero-order valence-electron chi connectivity index (χ0n) is 15.9. The van der Waals surface area contributed by atoms with Crippen LogP contribution in [0.25, 0.3) is 10.9 Å². The smallest absolute Gasteiger partial charge is 0.254 e. The predicted octanol–water partition coefficient (Wildman–Crippen LogP) is 3.93. The standard InChI is InChI=1S/C22H19ClFN3O2/c1-14-2-3-17(13-18(14)24)22(29)27-10-8-26(9-11-27)21(28)16-4-6-19-15(12-16)5-7-20(23)25-19/h2-7,12-13H,8-11H2,1H3. The van der Waals surface area contributed by atoms with E-state index in [-0.39, 0.29) is 11.8 Å². The van der Waals surface area contributed by atoms with Gasteiger partial charge in [0.1, 0.15) is 11.0 Å². The van der Waals surface area contributed by atoms with Gasteiger partial charge < -0.3 is 9.80 Å². The summed E-state index contributed by atoms with van der Waals surface area (Å²) in [6.45, 7) is 3.33. The molecule has 0 aliphatic carbocycles. The van der Waals surface area contributed by atoms with Crippen LogP contribution in [0, 0.1) is 12.7 Å². The van der Waals surface area contributed by atoms with E-state index >= 15 is 0 Å². The maximum absolute atomic E-state index is 13.8. The van der Waals surface area contributed by atoms with E-state index in [4.69, 9.17) is 11.6 Å². The minimum absolute atomic E-state index is 0.0877. The lowest BCUT2D eigenvalue weighted by molar-refractivity contribution is 0.0535. The largest absolute Gasteiger partial charge is 0.335 e. The van der Waals surface area contributed by atoms with Crippen LogP contribution in [0.5, 0.6) is 0 Å². The molecule has 0 atom stereocenters. The van der Waals surface area contributed by atoms with Gasteiger partial charge in [0.15, 0.2) is 0 Å². The minimum Gasteiger partial charge on any atom is -0.335 e. The van der Waals surface area contributed by atoms with E-state index in [0.29, 0.717) is 48.0 Å². The molecule has 148 valence electrons. The van der Waals surface area contributed by atoms with Crippen LogP contribution < -0.4 is 0 Å². The van der Waals surface area contributed by atoms with Crippen molar-refractivity contribution in [1.82, 2.24) is 14.8 Å². The van der Waals surface area contributed by atoms with Gasteiger partial charge in [-0.25, -0.2) is 9.37 Å². The molecule has 29 heavy (non-hydrogen) atoms. The number of carbonyl (C=O) groups is 2. The third kappa shape index (κ3) is 3.93. The Morgan fingerprint density at radius 3 is 2.10 bits per heavy atom. The van der Waals surface area contributed by atoms with Crippen molar-refractivity contribution < 1.29 is 14.0 Å². The molecule has 3 aromatic rings. The molecule has 1 aromatic heterocycles. The van der Waals surface area contributed by atoms with Crippen LogP contribution in [0.4, 0.5) is 4.39 Å². The van der Waals surface area contributed by atoms with E-state index < -0.39 is 5.82 Å². The van der Waals surface area contributed by atoms with Gasteiger partial charge >= 0.3 is 0 Å². The molecule has 7 heteroatoms. The number of hydrogen-bond acceptors (Lipinski definition) is 3. The van der Waals surface area contributed by atoms with Crippen molar-refractivity contribution in [2.45, 2.75) is 6.92 Å². The van der Waals surface area contributed by atoms with E-state index in [9.17, 15) is 14.0 Å². The summed E-state index contributed by atoms with van der Waals surface area (Å²) in [5.41, 5.74) is 2.13. The lowest BCUT2D eigenvalue weighted by Gasteiger charge is -2.35. The van der Waals surface area contributed by atoms with E-state index in [0.717, 1.165) is 10.9 Å². The molecule has 1 fully saturated rings. The molecule has 1 saturated heterocycles. The Balaban J connectivity index is 1.43. The monoisotopic (exact) mass is 411 g/mol. The molecular weight excluding hydrogens is 393 g/mol. The second-order valence-corrected chi connectivity index (χ2v) is 7.48. The minimum atomic E-state index is -0.392. The van der Waals surface area contributed by atoms with Crippen molar-refractivity contribution in [1.29, 1.82) is 0 Å². The van der Waals surface area contributed by atoms with Crippen LogP contribution in [-0.4, -0.2) is 52.8 Å². The Hall–Kier alpha value is -2.99. The lowest BCUT2D eigenvalue weighted by Crippen LogP contribution is -2.50. The van der Waals surface area contributed by atoms with E-state index in [1.165, 1.54) is 6.07 Å². The number of aromatic nitrogens is 1. The highest BCUT2D eigenvalue weighted by Gasteiger charge is 2.26. The quantitative estimate of drug-likeness (QED) is 0.600. The first-order valence-corrected chi connectivity index (χ1v) is 9.71. The van der Waals surface area contributed by atoms with Gasteiger partial charge in [0, 0.05) is 42.7 Å². The molecule has 2 heterocycles. The number of halogens is 2. The highest BCUT2D eigenvalue weighted by Crippen LogP contribution is 2.19. The highest BCUT2D eigenvalue weighted by atomic mass is 35.5. The van der Waals surface area contributed by atoms with Gasteiger partial charge in [-0.15, -0.1) is 0 Å². The highest BCUT2D eigenvalue weighted by molar-refractivity contribution is 6.29. The summed E-state index contributed by atoms with van der Waals surface area (Å²) in [5, 5.41) is 1.25. The predicted molar refractivity (Wildman–Crippen MR) is 110 cm³/mol.